The fourth-order valence-corrected chi connectivity index (χ4v) is 3.32. The van der Waals surface area contributed by atoms with Gasteiger partial charge in [-0.2, -0.15) is 0 Å². The highest BCUT2D eigenvalue weighted by molar-refractivity contribution is 4.91. The minimum absolute atomic E-state index is 0.180. The fourth-order valence-electron chi connectivity index (χ4n) is 3.32. The third-order valence-electron chi connectivity index (χ3n) is 4.64. The molecule has 1 saturated carbocycles. The van der Waals surface area contributed by atoms with Crippen LogP contribution in [0.5, 0.6) is 0 Å². The van der Waals surface area contributed by atoms with Gasteiger partial charge in [-0.05, 0) is 31.1 Å². The Hall–Kier alpha value is -0.0400. The van der Waals surface area contributed by atoms with Gasteiger partial charge in [-0.3, -0.25) is 0 Å². The van der Waals surface area contributed by atoms with Gasteiger partial charge in [0.2, 0.25) is 0 Å². The molecule has 2 N–H and O–H groups in total. The summed E-state index contributed by atoms with van der Waals surface area (Å²) in [5.41, 5.74) is 6.78. The molecule has 0 aromatic heterocycles. The Morgan fingerprint density at radius 1 is 1.18 bits per heavy atom. The summed E-state index contributed by atoms with van der Waals surface area (Å²) in [6.45, 7) is 6.99. The van der Waals surface area contributed by atoms with Crippen molar-refractivity contribution >= 4 is 0 Å². The largest absolute Gasteiger partial charge is 0.325 e. The molecule has 1 nitrogen and oxygen atoms in total. The maximum absolute atomic E-state index is 6.60. The summed E-state index contributed by atoms with van der Waals surface area (Å²) in [5, 5.41) is 0. The van der Waals surface area contributed by atoms with E-state index in [1.807, 2.05) is 0 Å². The quantitative estimate of drug-likeness (QED) is 0.629. The Bertz CT molecular complexity index is 200. The van der Waals surface area contributed by atoms with Crippen molar-refractivity contribution in [1.29, 1.82) is 0 Å². The lowest BCUT2D eigenvalue weighted by molar-refractivity contribution is 0.171. The lowest BCUT2D eigenvalue weighted by Gasteiger charge is -2.40. The second-order valence-electron chi connectivity index (χ2n) is 6.63. The van der Waals surface area contributed by atoms with Crippen molar-refractivity contribution in [3.63, 3.8) is 0 Å². The molecular weight excluding hydrogens is 206 g/mol. The maximum Gasteiger partial charge on any atom is 0.0157 e. The molecule has 1 fully saturated rings. The van der Waals surface area contributed by atoms with Crippen LogP contribution in [0.25, 0.3) is 0 Å². The third kappa shape index (κ3) is 5.42. The van der Waals surface area contributed by atoms with E-state index in [9.17, 15) is 0 Å². The van der Waals surface area contributed by atoms with Crippen LogP contribution >= 0.6 is 0 Å². The fraction of sp³-hybridized carbons (Fsp3) is 1.00. The molecule has 102 valence electrons. The van der Waals surface area contributed by atoms with Gasteiger partial charge in [0, 0.05) is 5.54 Å². The second kappa shape index (κ2) is 7.41. The summed E-state index contributed by atoms with van der Waals surface area (Å²) in [5.74, 6) is 1.70. The molecule has 2 unspecified atom stereocenters. The van der Waals surface area contributed by atoms with Crippen molar-refractivity contribution in [2.24, 2.45) is 17.6 Å². The number of hydrogen-bond donors (Lipinski definition) is 1. The van der Waals surface area contributed by atoms with Crippen molar-refractivity contribution in [2.45, 2.75) is 90.5 Å². The Morgan fingerprint density at radius 2 is 1.88 bits per heavy atom. The van der Waals surface area contributed by atoms with Gasteiger partial charge in [-0.15, -0.1) is 0 Å². The smallest absolute Gasteiger partial charge is 0.0157 e. The van der Waals surface area contributed by atoms with E-state index in [1.54, 1.807) is 0 Å². The van der Waals surface area contributed by atoms with Gasteiger partial charge in [0.1, 0.15) is 0 Å². The van der Waals surface area contributed by atoms with Gasteiger partial charge in [0.05, 0.1) is 0 Å². The van der Waals surface area contributed by atoms with E-state index < -0.39 is 0 Å². The van der Waals surface area contributed by atoms with Crippen molar-refractivity contribution in [1.82, 2.24) is 0 Å². The van der Waals surface area contributed by atoms with E-state index >= 15 is 0 Å². The number of unbranched alkanes of at least 4 members (excludes halogenated alkanes) is 4. The lowest BCUT2D eigenvalue weighted by atomic mass is 9.70. The molecule has 0 aliphatic heterocycles. The first-order valence-corrected chi connectivity index (χ1v) is 7.86. The predicted molar refractivity (Wildman–Crippen MR) is 77.1 cm³/mol. The first-order valence-electron chi connectivity index (χ1n) is 7.86. The zero-order valence-electron chi connectivity index (χ0n) is 12.3. The summed E-state index contributed by atoms with van der Waals surface area (Å²) in [6.07, 6.45) is 13.4. The molecule has 1 heteroatoms. The van der Waals surface area contributed by atoms with Crippen molar-refractivity contribution in [3.05, 3.63) is 0 Å². The van der Waals surface area contributed by atoms with E-state index in [0.29, 0.717) is 0 Å². The van der Waals surface area contributed by atoms with Crippen LogP contribution < -0.4 is 5.73 Å². The lowest BCUT2D eigenvalue weighted by Crippen LogP contribution is -2.45. The van der Waals surface area contributed by atoms with Gasteiger partial charge in [0.15, 0.2) is 0 Å². The number of hydrogen-bond acceptors (Lipinski definition) is 1. The first-order chi connectivity index (χ1) is 8.07. The van der Waals surface area contributed by atoms with Crippen molar-refractivity contribution in [2.75, 3.05) is 0 Å². The molecule has 1 aliphatic rings. The highest BCUT2D eigenvalue weighted by Crippen LogP contribution is 2.37. The maximum atomic E-state index is 6.60. The van der Waals surface area contributed by atoms with Crippen LogP contribution in [-0.2, 0) is 0 Å². The zero-order valence-corrected chi connectivity index (χ0v) is 12.3. The molecule has 0 aromatic rings. The molecule has 1 aliphatic carbocycles. The first kappa shape index (κ1) is 15.0. The van der Waals surface area contributed by atoms with Crippen LogP contribution in [0.1, 0.15) is 85.0 Å². The highest BCUT2D eigenvalue weighted by atomic mass is 14.7. The zero-order chi connectivity index (χ0) is 12.7. The molecule has 17 heavy (non-hydrogen) atoms. The number of nitrogens with two attached hydrogens (primary N) is 1. The Balaban J connectivity index is 2.25. The van der Waals surface area contributed by atoms with E-state index in [2.05, 4.69) is 20.8 Å². The van der Waals surface area contributed by atoms with Gasteiger partial charge in [0.25, 0.3) is 0 Å². The standard InChI is InChI=1S/C16H33N/c1-4-5-6-7-8-11-16(17)12-9-10-15(13-16)14(2)3/h14-15H,4-13,17H2,1-3H3. The molecular formula is C16H33N. The van der Waals surface area contributed by atoms with Gasteiger partial charge >= 0.3 is 0 Å². The predicted octanol–water partition coefficient (Wildman–Crippen LogP) is 4.89. The summed E-state index contributed by atoms with van der Waals surface area (Å²) in [6, 6.07) is 0. The minimum atomic E-state index is 0.180. The van der Waals surface area contributed by atoms with Crippen molar-refractivity contribution in [3.8, 4) is 0 Å². The summed E-state index contributed by atoms with van der Waals surface area (Å²) in [7, 11) is 0. The summed E-state index contributed by atoms with van der Waals surface area (Å²) >= 11 is 0. The summed E-state index contributed by atoms with van der Waals surface area (Å²) < 4.78 is 0. The van der Waals surface area contributed by atoms with E-state index in [-0.39, 0.29) is 5.54 Å². The van der Waals surface area contributed by atoms with Crippen LogP contribution in [0, 0.1) is 11.8 Å². The molecule has 0 bridgehead atoms. The molecule has 2 atom stereocenters. The molecule has 1 rings (SSSR count). The van der Waals surface area contributed by atoms with Crippen LogP contribution in [0.4, 0.5) is 0 Å². The third-order valence-corrected chi connectivity index (χ3v) is 4.64. The average Bonchev–Trinajstić information content (AvgIpc) is 2.28. The van der Waals surface area contributed by atoms with E-state index in [0.717, 1.165) is 11.8 Å². The Labute approximate surface area is 109 Å². The highest BCUT2D eigenvalue weighted by Gasteiger charge is 2.33. The van der Waals surface area contributed by atoms with Gasteiger partial charge in [-0.25, -0.2) is 0 Å². The SMILES string of the molecule is CCCCCCCC1(N)CCCC(C(C)C)C1. The molecule has 0 amide bonds. The molecule has 0 spiro atoms. The average molecular weight is 239 g/mol. The monoisotopic (exact) mass is 239 g/mol. The van der Waals surface area contributed by atoms with Crippen LogP contribution in [-0.4, -0.2) is 5.54 Å². The second-order valence-corrected chi connectivity index (χ2v) is 6.63. The van der Waals surface area contributed by atoms with E-state index in [1.165, 1.54) is 64.2 Å². The Kier molecular flexibility index (Phi) is 6.54. The Morgan fingerprint density at radius 3 is 2.53 bits per heavy atom. The molecule has 0 heterocycles. The van der Waals surface area contributed by atoms with Gasteiger partial charge in [-0.1, -0.05) is 65.7 Å². The van der Waals surface area contributed by atoms with Crippen LogP contribution in [0.3, 0.4) is 0 Å². The van der Waals surface area contributed by atoms with E-state index in [4.69, 9.17) is 5.73 Å². The van der Waals surface area contributed by atoms with Gasteiger partial charge < -0.3 is 5.73 Å². The topological polar surface area (TPSA) is 26.0 Å². The van der Waals surface area contributed by atoms with Crippen LogP contribution in [0.2, 0.25) is 0 Å². The summed E-state index contributed by atoms with van der Waals surface area (Å²) in [4.78, 5) is 0. The molecule has 0 saturated heterocycles. The normalized spacial score (nSPS) is 29.8. The number of rotatable bonds is 7. The van der Waals surface area contributed by atoms with Crippen molar-refractivity contribution < 1.29 is 0 Å². The minimum Gasteiger partial charge on any atom is -0.325 e. The molecule has 0 aromatic carbocycles. The van der Waals surface area contributed by atoms with Crippen LogP contribution in [0.15, 0.2) is 0 Å². The molecule has 0 radical (unpaired) electrons.